The molecule has 0 radical (unpaired) electrons. The molecule has 80 valence electrons. The van der Waals surface area contributed by atoms with Crippen LogP contribution < -0.4 is 11.3 Å². The third-order valence-electron chi connectivity index (χ3n) is 2.28. The van der Waals surface area contributed by atoms with Gasteiger partial charge in [0, 0.05) is 18.1 Å². The second kappa shape index (κ2) is 4.14. The summed E-state index contributed by atoms with van der Waals surface area (Å²) in [5.41, 5.74) is 4.90. The molecule has 0 bridgehead atoms. The Morgan fingerprint density at radius 3 is 2.87 bits per heavy atom. The zero-order chi connectivity index (χ0) is 10.8. The molecule has 0 aromatic carbocycles. The number of rotatable bonds is 3. The summed E-state index contributed by atoms with van der Waals surface area (Å²) in [6.45, 7) is 2.08. The van der Waals surface area contributed by atoms with Crippen LogP contribution in [0.3, 0.4) is 0 Å². The number of nitrogens with one attached hydrogen (secondary N) is 1. The van der Waals surface area contributed by atoms with Gasteiger partial charge in [-0.25, -0.2) is 5.43 Å². The number of aryl methyl sites for hydroxylation is 2. The van der Waals surface area contributed by atoms with Crippen LogP contribution in [-0.4, -0.2) is 9.78 Å². The predicted octanol–water partition coefficient (Wildman–Crippen LogP) is 1.34. The van der Waals surface area contributed by atoms with Crippen molar-refractivity contribution in [1.82, 2.24) is 15.2 Å². The quantitative estimate of drug-likeness (QED) is 0.608. The van der Waals surface area contributed by atoms with E-state index in [-0.39, 0.29) is 6.04 Å². The molecule has 15 heavy (non-hydrogen) atoms. The van der Waals surface area contributed by atoms with E-state index in [1.54, 1.807) is 16.0 Å². The molecule has 1 unspecified atom stereocenters. The number of nitrogens with two attached hydrogens (primary N) is 1. The molecule has 2 heterocycles. The van der Waals surface area contributed by atoms with Crippen molar-refractivity contribution in [2.75, 3.05) is 0 Å². The van der Waals surface area contributed by atoms with Gasteiger partial charge in [-0.15, -0.1) is 11.3 Å². The molecule has 0 fully saturated rings. The van der Waals surface area contributed by atoms with Gasteiger partial charge in [0.25, 0.3) is 0 Å². The lowest BCUT2D eigenvalue weighted by Gasteiger charge is -2.11. The molecule has 1 atom stereocenters. The summed E-state index contributed by atoms with van der Waals surface area (Å²) in [5.74, 6) is 5.56. The van der Waals surface area contributed by atoms with Crippen LogP contribution in [0.5, 0.6) is 0 Å². The molecule has 4 nitrogen and oxygen atoms in total. The van der Waals surface area contributed by atoms with E-state index in [2.05, 4.69) is 28.9 Å². The van der Waals surface area contributed by atoms with Gasteiger partial charge in [-0.2, -0.15) is 5.10 Å². The molecule has 0 aliphatic heterocycles. The Hall–Kier alpha value is -1.17. The van der Waals surface area contributed by atoms with Crippen molar-refractivity contribution in [1.29, 1.82) is 0 Å². The van der Waals surface area contributed by atoms with Crippen LogP contribution in [0.2, 0.25) is 0 Å². The Morgan fingerprint density at radius 1 is 1.60 bits per heavy atom. The monoisotopic (exact) mass is 222 g/mol. The van der Waals surface area contributed by atoms with Crippen molar-refractivity contribution < 1.29 is 0 Å². The molecular formula is C10H14N4S. The highest BCUT2D eigenvalue weighted by atomic mass is 32.1. The van der Waals surface area contributed by atoms with Crippen molar-refractivity contribution in [3.63, 3.8) is 0 Å². The molecule has 2 aromatic heterocycles. The van der Waals surface area contributed by atoms with Gasteiger partial charge in [0.15, 0.2) is 0 Å². The molecule has 0 saturated heterocycles. The fraction of sp³-hybridized carbons (Fsp3) is 0.300. The normalized spacial score (nSPS) is 13.0. The second-order valence-electron chi connectivity index (χ2n) is 3.50. The molecule has 0 spiro atoms. The van der Waals surface area contributed by atoms with Crippen molar-refractivity contribution in [3.8, 4) is 0 Å². The van der Waals surface area contributed by atoms with E-state index in [1.165, 1.54) is 10.4 Å². The van der Waals surface area contributed by atoms with Gasteiger partial charge in [0.05, 0.1) is 11.7 Å². The molecule has 2 aromatic rings. The van der Waals surface area contributed by atoms with E-state index in [0.29, 0.717) is 0 Å². The Bertz CT molecular complexity index is 405. The van der Waals surface area contributed by atoms with Crippen LogP contribution in [0.1, 0.15) is 22.2 Å². The number of thiophene rings is 1. The molecule has 0 aliphatic rings. The van der Waals surface area contributed by atoms with E-state index in [1.807, 2.05) is 19.3 Å². The lowest BCUT2D eigenvalue weighted by molar-refractivity contribution is 0.605. The lowest BCUT2D eigenvalue weighted by atomic mass is 10.1. The Morgan fingerprint density at radius 2 is 2.40 bits per heavy atom. The summed E-state index contributed by atoms with van der Waals surface area (Å²) in [4.78, 5) is 1.28. The standard InChI is InChI=1S/C10H14N4S/c1-7-5-8(6-15-7)10(12-11)9-3-4-14(2)13-9/h3-6,10,12H,11H2,1-2H3. The topological polar surface area (TPSA) is 55.9 Å². The molecule has 0 aliphatic carbocycles. The molecule has 2 rings (SSSR count). The fourth-order valence-corrected chi connectivity index (χ4v) is 2.28. The van der Waals surface area contributed by atoms with Crippen molar-refractivity contribution in [2.45, 2.75) is 13.0 Å². The van der Waals surface area contributed by atoms with Gasteiger partial charge in [0.2, 0.25) is 0 Å². The van der Waals surface area contributed by atoms with Gasteiger partial charge in [-0.1, -0.05) is 0 Å². The highest BCUT2D eigenvalue weighted by Gasteiger charge is 2.15. The van der Waals surface area contributed by atoms with Crippen LogP contribution in [-0.2, 0) is 7.05 Å². The first-order valence-electron chi connectivity index (χ1n) is 4.71. The summed E-state index contributed by atoms with van der Waals surface area (Å²) in [5, 5.41) is 6.45. The molecule has 3 N–H and O–H groups in total. The van der Waals surface area contributed by atoms with Crippen molar-refractivity contribution in [2.24, 2.45) is 12.9 Å². The summed E-state index contributed by atoms with van der Waals surface area (Å²) < 4.78 is 1.78. The largest absolute Gasteiger partial charge is 0.275 e. The van der Waals surface area contributed by atoms with Crippen LogP contribution in [0.15, 0.2) is 23.7 Å². The first-order chi connectivity index (χ1) is 7.20. The van der Waals surface area contributed by atoms with Crippen molar-refractivity contribution in [3.05, 3.63) is 39.8 Å². The minimum absolute atomic E-state index is 0.0175. The predicted molar refractivity (Wildman–Crippen MR) is 61.4 cm³/mol. The van der Waals surface area contributed by atoms with Crippen LogP contribution in [0, 0.1) is 6.92 Å². The second-order valence-corrected chi connectivity index (χ2v) is 4.62. The van der Waals surface area contributed by atoms with Gasteiger partial charge in [-0.05, 0) is 30.0 Å². The summed E-state index contributed by atoms with van der Waals surface area (Å²) in [6, 6.07) is 4.08. The van der Waals surface area contributed by atoms with Crippen LogP contribution in [0.25, 0.3) is 0 Å². The van der Waals surface area contributed by atoms with E-state index < -0.39 is 0 Å². The Balaban J connectivity index is 2.32. The SMILES string of the molecule is Cc1cc(C(NN)c2ccn(C)n2)cs1. The van der Waals surface area contributed by atoms with E-state index in [9.17, 15) is 0 Å². The van der Waals surface area contributed by atoms with Crippen LogP contribution >= 0.6 is 11.3 Å². The summed E-state index contributed by atoms with van der Waals surface area (Å²) in [6.07, 6.45) is 1.92. The number of aromatic nitrogens is 2. The third-order valence-corrected chi connectivity index (χ3v) is 3.16. The number of nitrogens with zero attached hydrogens (tertiary/aromatic N) is 2. The van der Waals surface area contributed by atoms with Gasteiger partial charge >= 0.3 is 0 Å². The number of hydrazine groups is 1. The first-order valence-corrected chi connectivity index (χ1v) is 5.59. The molecular weight excluding hydrogens is 208 g/mol. The first kappa shape index (κ1) is 10.4. The smallest absolute Gasteiger partial charge is 0.0908 e. The van der Waals surface area contributed by atoms with Gasteiger partial charge in [-0.3, -0.25) is 10.5 Å². The zero-order valence-corrected chi connectivity index (χ0v) is 9.58. The van der Waals surface area contributed by atoms with E-state index in [4.69, 9.17) is 5.84 Å². The third kappa shape index (κ3) is 2.09. The van der Waals surface area contributed by atoms with E-state index >= 15 is 0 Å². The lowest BCUT2D eigenvalue weighted by Crippen LogP contribution is -2.28. The highest BCUT2D eigenvalue weighted by Crippen LogP contribution is 2.24. The maximum absolute atomic E-state index is 5.56. The highest BCUT2D eigenvalue weighted by molar-refractivity contribution is 7.10. The average molecular weight is 222 g/mol. The summed E-state index contributed by atoms with van der Waals surface area (Å²) >= 11 is 1.72. The summed E-state index contributed by atoms with van der Waals surface area (Å²) in [7, 11) is 1.90. The zero-order valence-electron chi connectivity index (χ0n) is 8.77. The number of hydrogen-bond donors (Lipinski definition) is 2. The Labute approximate surface area is 92.7 Å². The minimum atomic E-state index is -0.0175. The minimum Gasteiger partial charge on any atom is -0.275 e. The average Bonchev–Trinajstić information content (AvgIpc) is 2.78. The van der Waals surface area contributed by atoms with Gasteiger partial charge < -0.3 is 0 Å². The fourth-order valence-electron chi connectivity index (χ4n) is 1.55. The molecule has 0 saturated carbocycles. The maximum atomic E-state index is 5.56. The van der Waals surface area contributed by atoms with Gasteiger partial charge in [0.1, 0.15) is 0 Å². The van der Waals surface area contributed by atoms with E-state index in [0.717, 1.165) is 5.69 Å². The molecule has 0 amide bonds. The van der Waals surface area contributed by atoms with Crippen LogP contribution in [0.4, 0.5) is 0 Å². The van der Waals surface area contributed by atoms with Crippen molar-refractivity contribution >= 4 is 11.3 Å². The maximum Gasteiger partial charge on any atom is 0.0908 e. The Kier molecular flexibility index (Phi) is 2.86. The molecule has 5 heteroatoms. The number of hydrogen-bond acceptors (Lipinski definition) is 4.